The molecule has 0 spiro atoms. The van der Waals surface area contributed by atoms with Crippen molar-refractivity contribution in [2.75, 3.05) is 0 Å². The maximum atomic E-state index is 12.2. The Hall–Kier alpha value is -1.53. The first-order valence-corrected chi connectivity index (χ1v) is 8.15. The van der Waals surface area contributed by atoms with Crippen molar-refractivity contribution in [2.24, 2.45) is 11.3 Å². The highest BCUT2D eigenvalue weighted by Crippen LogP contribution is 2.35. The van der Waals surface area contributed by atoms with E-state index >= 15 is 0 Å². The number of carbonyl (C=O) groups is 2. The summed E-state index contributed by atoms with van der Waals surface area (Å²) in [6, 6.07) is 5.89. The predicted molar refractivity (Wildman–Crippen MR) is 76.5 cm³/mol. The first-order valence-electron chi connectivity index (χ1n) is 6.71. The van der Waals surface area contributed by atoms with E-state index in [4.69, 9.17) is 0 Å². The number of hydrogen-bond donors (Lipinski definition) is 1. The van der Waals surface area contributed by atoms with Crippen LogP contribution in [0, 0.1) is 11.3 Å². The number of Topliss-reactive ketones (excluding diaryl/α,β-unsaturated/α-hetero) is 2. The lowest BCUT2D eigenvalue weighted by molar-refractivity contribution is -0.139. The first kappa shape index (κ1) is 15.9. The normalized spacial score (nSPS) is 19.8. The van der Waals surface area contributed by atoms with Crippen LogP contribution >= 0.6 is 0 Å². The summed E-state index contributed by atoms with van der Waals surface area (Å²) in [5, 5.41) is 0. The Kier molecular flexibility index (Phi) is 4.04. The Morgan fingerprint density at radius 2 is 1.67 bits per heavy atom. The Labute approximate surface area is 124 Å². The number of rotatable bonds is 3. The summed E-state index contributed by atoms with van der Waals surface area (Å²) in [5.74, 6) is -1.15. The van der Waals surface area contributed by atoms with Crippen LogP contribution in [0.4, 0.5) is 0 Å². The lowest BCUT2D eigenvalue weighted by atomic mass is 9.70. The SMILES string of the molecule is CC1(C)CC(=O)C(Cc2ccccc2S(=O)(=O)O)C(=O)C1. The molecule has 1 saturated carbocycles. The zero-order valence-corrected chi connectivity index (χ0v) is 12.8. The van der Waals surface area contributed by atoms with E-state index < -0.39 is 16.0 Å². The molecule has 0 unspecified atom stereocenters. The van der Waals surface area contributed by atoms with Gasteiger partial charge in [0.1, 0.15) is 11.6 Å². The number of benzene rings is 1. The highest BCUT2D eigenvalue weighted by Gasteiger charge is 2.39. The largest absolute Gasteiger partial charge is 0.299 e. The van der Waals surface area contributed by atoms with Crippen molar-refractivity contribution in [3.8, 4) is 0 Å². The van der Waals surface area contributed by atoms with Crippen molar-refractivity contribution in [2.45, 2.75) is 38.0 Å². The lowest BCUT2D eigenvalue weighted by Crippen LogP contribution is -2.38. The van der Waals surface area contributed by atoms with Gasteiger partial charge in [0, 0.05) is 12.8 Å². The van der Waals surface area contributed by atoms with Gasteiger partial charge < -0.3 is 0 Å². The van der Waals surface area contributed by atoms with Gasteiger partial charge in [0.2, 0.25) is 0 Å². The number of ketones is 2. The molecule has 0 saturated heterocycles. The molecule has 1 N–H and O–H groups in total. The van der Waals surface area contributed by atoms with E-state index in [1.807, 2.05) is 13.8 Å². The van der Waals surface area contributed by atoms with E-state index in [0.29, 0.717) is 18.4 Å². The van der Waals surface area contributed by atoms with Crippen LogP contribution in [-0.2, 0) is 26.1 Å². The molecule has 1 aliphatic rings. The van der Waals surface area contributed by atoms with Gasteiger partial charge in [-0.2, -0.15) is 8.42 Å². The Morgan fingerprint density at radius 1 is 1.14 bits per heavy atom. The van der Waals surface area contributed by atoms with E-state index in [0.717, 1.165) is 0 Å². The van der Waals surface area contributed by atoms with Crippen molar-refractivity contribution >= 4 is 21.7 Å². The zero-order valence-electron chi connectivity index (χ0n) is 12.0. The van der Waals surface area contributed by atoms with Gasteiger partial charge >= 0.3 is 0 Å². The summed E-state index contributed by atoms with van der Waals surface area (Å²) in [5.41, 5.74) is -0.0424. The van der Waals surface area contributed by atoms with Crippen molar-refractivity contribution in [1.82, 2.24) is 0 Å². The molecule has 0 heterocycles. The van der Waals surface area contributed by atoms with Gasteiger partial charge in [-0.25, -0.2) is 0 Å². The van der Waals surface area contributed by atoms with Gasteiger partial charge in [-0.15, -0.1) is 0 Å². The van der Waals surface area contributed by atoms with Crippen molar-refractivity contribution in [3.05, 3.63) is 29.8 Å². The zero-order chi connectivity index (χ0) is 15.8. The fraction of sp³-hybridized carbons (Fsp3) is 0.467. The molecule has 0 aliphatic heterocycles. The van der Waals surface area contributed by atoms with Crippen molar-refractivity contribution in [3.63, 3.8) is 0 Å². The molecule has 5 nitrogen and oxygen atoms in total. The average Bonchev–Trinajstić information content (AvgIpc) is 2.32. The summed E-state index contributed by atoms with van der Waals surface area (Å²) in [6.07, 6.45) is 0.624. The maximum absolute atomic E-state index is 12.2. The van der Waals surface area contributed by atoms with E-state index in [1.54, 1.807) is 6.07 Å². The van der Waals surface area contributed by atoms with Gasteiger partial charge in [-0.3, -0.25) is 14.1 Å². The monoisotopic (exact) mass is 310 g/mol. The molecular formula is C15H18O5S. The Bertz CT molecular complexity index is 668. The molecule has 0 amide bonds. The van der Waals surface area contributed by atoms with Crippen LogP contribution in [0.15, 0.2) is 29.2 Å². The van der Waals surface area contributed by atoms with Crippen LogP contribution < -0.4 is 0 Å². The molecule has 21 heavy (non-hydrogen) atoms. The molecule has 1 aromatic rings. The minimum absolute atomic E-state index is 0.0176. The maximum Gasteiger partial charge on any atom is 0.294 e. The third-order valence-corrected chi connectivity index (χ3v) is 4.71. The quantitative estimate of drug-likeness (QED) is 0.682. The lowest BCUT2D eigenvalue weighted by Gasteiger charge is -2.32. The summed E-state index contributed by atoms with van der Waals surface area (Å²) in [4.78, 5) is 24.1. The molecule has 2 rings (SSSR count). The highest BCUT2D eigenvalue weighted by molar-refractivity contribution is 7.85. The third kappa shape index (κ3) is 3.57. The van der Waals surface area contributed by atoms with Crippen LogP contribution in [0.3, 0.4) is 0 Å². The van der Waals surface area contributed by atoms with E-state index in [9.17, 15) is 22.6 Å². The fourth-order valence-corrected chi connectivity index (χ4v) is 3.54. The molecule has 0 aromatic heterocycles. The second kappa shape index (κ2) is 5.35. The van der Waals surface area contributed by atoms with Crippen LogP contribution in [0.25, 0.3) is 0 Å². The summed E-state index contributed by atoms with van der Waals surface area (Å²) in [6.45, 7) is 3.73. The predicted octanol–water partition coefficient (Wildman–Crippen LogP) is 2.05. The van der Waals surface area contributed by atoms with Gasteiger partial charge in [0.05, 0.1) is 10.8 Å². The molecule has 0 radical (unpaired) electrons. The molecule has 6 heteroatoms. The standard InChI is InChI=1S/C15H18O5S/c1-15(2)8-12(16)11(13(17)9-15)7-10-5-3-4-6-14(10)21(18,19)20/h3-6,11H,7-9H2,1-2H3,(H,18,19,20). The van der Waals surface area contributed by atoms with Gasteiger partial charge in [0.15, 0.2) is 0 Å². The number of carbonyl (C=O) groups excluding carboxylic acids is 2. The van der Waals surface area contributed by atoms with E-state index in [1.165, 1.54) is 18.2 Å². The minimum atomic E-state index is -4.36. The molecule has 0 atom stereocenters. The molecule has 1 aromatic carbocycles. The van der Waals surface area contributed by atoms with E-state index in [-0.39, 0.29) is 28.3 Å². The summed E-state index contributed by atoms with van der Waals surface area (Å²) in [7, 11) is -4.36. The second-order valence-electron chi connectivity index (χ2n) is 6.29. The molecular weight excluding hydrogens is 292 g/mol. The van der Waals surface area contributed by atoms with Crippen LogP contribution in [-0.4, -0.2) is 24.5 Å². The van der Waals surface area contributed by atoms with E-state index in [2.05, 4.69) is 0 Å². The van der Waals surface area contributed by atoms with Crippen molar-refractivity contribution < 1.29 is 22.6 Å². The van der Waals surface area contributed by atoms with Crippen LogP contribution in [0.2, 0.25) is 0 Å². The fourth-order valence-electron chi connectivity index (χ4n) is 2.80. The summed E-state index contributed by atoms with van der Waals surface area (Å²) >= 11 is 0. The third-order valence-electron chi connectivity index (χ3n) is 3.76. The minimum Gasteiger partial charge on any atom is -0.299 e. The Balaban J connectivity index is 2.32. The second-order valence-corrected chi connectivity index (χ2v) is 7.68. The first-order chi connectivity index (χ1) is 9.60. The smallest absolute Gasteiger partial charge is 0.294 e. The van der Waals surface area contributed by atoms with Crippen LogP contribution in [0.1, 0.15) is 32.3 Å². The topological polar surface area (TPSA) is 88.5 Å². The van der Waals surface area contributed by atoms with Crippen LogP contribution in [0.5, 0.6) is 0 Å². The average molecular weight is 310 g/mol. The highest BCUT2D eigenvalue weighted by atomic mass is 32.2. The molecule has 114 valence electrons. The van der Waals surface area contributed by atoms with Gasteiger partial charge in [-0.05, 0) is 23.5 Å². The van der Waals surface area contributed by atoms with Gasteiger partial charge in [0.25, 0.3) is 10.1 Å². The van der Waals surface area contributed by atoms with Crippen molar-refractivity contribution in [1.29, 1.82) is 0 Å². The number of hydrogen-bond acceptors (Lipinski definition) is 4. The molecule has 0 bridgehead atoms. The molecule has 1 fully saturated rings. The molecule has 1 aliphatic carbocycles. The van der Waals surface area contributed by atoms with Gasteiger partial charge in [-0.1, -0.05) is 32.0 Å². The Morgan fingerprint density at radius 3 is 2.19 bits per heavy atom. The summed E-state index contributed by atoms with van der Waals surface area (Å²) < 4.78 is 31.9.